The van der Waals surface area contributed by atoms with Crippen LogP contribution in [0.15, 0.2) is 0 Å². The average molecular weight is 579 g/mol. The lowest BCUT2D eigenvalue weighted by atomic mass is 9.43. The van der Waals surface area contributed by atoms with E-state index in [9.17, 15) is 27.0 Å². The van der Waals surface area contributed by atoms with E-state index in [1.807, 2.05) is 6.92 Å². The van der Waals surface area contributed by atoms with E-state index in [0.29, 0.717) is 30.6 Å². The van der Waals surface area contributed by atoms with Gasteiger partial charge in [0.15, 0.2) is 0 Å². The summed E-state index contributed by atoms with van der Waals surface area (Å²) in [5.41, 5.74) is -0.0796. The normalized spacial score (nSPS) is 53.1. The fourth-order valence-electron chi connectivity index (χ4n) is 9.89. The number of rotatable bonds is 0. The van der Waals surface area contributed by atoms with E-state index >= 15 is 0 Å². The molecule has 4 aliphatic carbocycles. The molecule has 0 aromatic carbocycles. The molecule has 0 aromatic heterocycles. The van der Waals surface area contributed by atoms with Crippen molar-refractivity contribution in [2.45, 2.75) is 110 Å². The largest absolute Gasteiger partial charge is 0.416 e. The molecule has 38 heavy (non-hydrogen) atoms. The van der Waals surface area contributed by atoms with Gasteiger partial charge >= 0.3 is 20.8 Å². The Morgan fingerprint density at radius 2 is 1.39 bits per heavy atom. The zero-order valence-electron chi connectivity index (χ0n) is 23.1. The van der Waals surface area contributed by atoms with Gasteiger partial charge in [0.1, 0.15) is 6.10 Å². The molecule has 220 valence electrons. The van der Waals surface area contributed by atoms with Gasteiger partial charge in [-0.05, 0) is 104 Å². The lowest BCUT2D eigenvalue weighted by Crippen LogP contribution is -2.62. The van der Waals surface area contributed by atoms with Crippen LogP contribution in [0.25, 0.3) is 0 Å². The molecule has 0 amide bonds. The third-order valence-corrected chi connectivity index (χ3v) is 14.0. The molecule has 9 nitrogen and oxygen atoms in total. The summed E-state index contributed by atoms with van der Waals surface area (Å²) in [5, 5.41) is 22.9. The van der Waals surface area contributed by atoms with Crippen LogP contribution < -0.4 is 0 Å². The number of fused-ring (bicyclic) bond motifs is 2. The van der Waals surface area contributed by atoms with Gasteiger partial charge in [0.25, 0.3) is 0 Å². The summed E-state index contributed by atoms with van der Waals surface area (Å²) < 4.78 is 64.0. The van der Waals surface area contributed by atoms with Crippen LogP contribution in [-0.2, 0) is 32.8 Å². The van der Waals surface area contributed by atoms with E-state index in [1.54, 1.807) is 0 Å². The Labute approximate surface area is 228 Å². The van der Waals surface area contributed by atoms with Crippen molar-refractivity contribution in [2.75, 3.05) is 6.61 Å². The van der Waals surface area contributed by atoms with Crippen LogP contribution in [0, 0.1) is 52.3 Å². The van der Waals surface area contributed by atoms with Gasteiger partial charge in [-0.3, -0.25) is 0 Å². The van der Waals surface area contributed by atoms with E-state index in [1.165, 1.54) is 6.42 Å². The smallest absolute Gasteiger partial charge is 0.393 e. The molecule has 12 atom stereocenters. The molecular weight excluding hydrogens is 532 g/mol. The van der Waals surface area contributed by atoms with Crippen LogP contribution in [0.3, 0.4) is 0 Å². The SMILES string of the molecule is CC1CCC[C@@H](C)[C@H]2CC[C@H]3[C@@H]4C(O)CC5C(O)C(CC[C@]5(C)[C@H]4CC[C@]23C)OS(=O)(=O)OS(=O)(=O)OC1. The molecule has 7 fully saturated rings. The minimum absolute atomic E-state index is 0.0964. The predicted molar refractivity (Wildman–Crippen MR) is 140 cm³/mol. The van der Waals surface area contributed by atoms with Crippen molar-refractivity contribution in [3.05, 3.63) is 0 Å². The fourth-order valence-corrected chi connectivity index (χ4v) is 11.9. The van der Waals surface area contributed by atoms with Crippen LogP contribution in [-0.4, -0.2) is 52.0 Å². The first-order valence-corrected chi connectivity index (χ1v) is 17.2. The van der Waals surface area contributed by atoms with E-state index < -0.39 is 39.1 Å². The summed E-state index contributed by atoms with van der Waals surface area (Å²) >= 11 is 0. The summed E-state index contributed by atoms with van der Waals surface area (Å²) in [5.74, 6) is 1.54. The lowest BCUT2D eigenvalue weighted by Gasteiger charge is -2.63. The van der Waals surface area contributed by atoms with Gasteiger partial charge in [-0.1, -0.05) is 40.5 Å². The molecule has 8 bridgehead atoms. The quantitative estimate of drug-likeness (QED) is 0.438. The molecule has 3 saturated heterocycles. The van der Waals surface area contributed by atoms with Crippen molar-refractivity contribution < 1.29 is 39.0 Å². The third kappa shape index (κ3) is 5.11. The van der Waals surface area contributed by atoms with Gasteiger partial charge in [0, 0.05) is 0 Å². The molecule has 3 aliphatic heterocycles. The zero-order valence-corrected chi connectivity index (χ0v) is 24.8. The first kappa shape index (κ1) is 29.2. The second-order valence-corrected chi connectivity index (χ2v) is 16.4. The molecule has 3 heterocycles. The van der Waals surface area contributed by atoms with Gasteiger partial charge in [-0.25, -0.2) is 8.37 Å². The molecule has 0 radical (unpaired) electrons. The standard InChI is InChI=1S/C27H46O9S2/c1-16-6-5-7-17(2)18-8-9-19-24-20(10-12-26(18,19)3)27(4)13-11-23(25(29)21(27)14-22(24)28)35-38(32,33)36-37(30,31)34-15-16/h16-25,28-29H,5-15H2,1-4H3/t16?,17-,18-,19+,20+,21?,22?,23?,24+,25?,26-,27-/m1/s1. The van der Waals surface area contributed by atoms with Crippen LogP contribution in [0.4, 0.5) is 0 Å². The van der Waals surface area contributed by atoms with Crippen molar-refractivity contribution in [1.82, 2.24) is 0 Å². The highest BCUT2D eigenvalue weighted by molar-refractivity contribution is 7.95. The topological polar surface area (TPSA) is 136 Å². The highest BCUT2D eigenvalue weighted by Crippen LogP contribution is 2.68. The molecule has 7 aliphatic rings. The molecule has 5 unspecified atom stereocenters. The highest BCUT2D eigenvalue weighted by atomic mass is 32.3. The fraction of sp³-hybridized carbons (Fsp3) is 1.00. The monoisotopic (exact) mass is 578 g/mol. The van der Waals surface area contributed by atoms with Crippen LogP contribution in [0.1, 0.15) is 91.9 Å². The third-order valence-electron chi connectivity index (χ3n) is 11.7. The zero-order chi connectivity index (χ0) is 27.7. The highest BCUT2D eigenvalue weighted by Gasteiger charge is 2.64. The molecule has 2 N–H and O–H groups in total. The van der Waals surface area contributed by atoms with Gasteiger partial charge in [0.2, 0.25) is 0 Å². The van der Waals surface area contributed by atoms with E-state index in [0.717, 1.165) is 38.5 Å². The van der Waals surface area contributed by atoms with E-state index in [4.69, 9.17) is 8.37 Å². The first-order chi connectivity index (χ1) is 17.7. The van der Waals surface area contributed by atoms with Gasteiger partial charge in [-0.15, -0.1) is 3.63 Å². The second kappa shape index (κ2) is 10.2. The van der Waals surface area contributed by atoms with Crippen LogP contribution >= 0.6 is 0 Å². The summed E-state index contributed by atoms with van der Waals surface area (Å²) in [6.07, 6.45) is 5.51. The van der Waals surface area contributed by atoms with Gasteiger partial charge in [0.05, 0.1) is 18.8 Å². The Hall–Kier alpha value is -0.300. The minimum atomic E-state index is -4.99. The van der Waals surface area contributed by atoms with Gasteiger partial charge < -0.3 is 10.2 Å². The number of aliphatic hydroxyl groups is 2. The predicted octanol–water partition coefficient (Wildman–Crippen LogP) is 3.95. The number of hydrogen-bond acceptors (Lipinski definition) is 9. The Morgan fingerprint density at radius 1 is 0.763 bits per heavy atom. The molecule has 0 spiro atoms. The first-order valence-electron chi connectivity index (χ1n) is 14.6. The summed E-state index contributed by atoms with van der Waals surface area (Å²) in [6, 6.07) is 0. The van der Waals surface area contributed by atoms with Crippen molar-refractivity contribution >= 4 is 20.8 Å². The van der Waals surface area contributed by atoms with Crippen molar-refractivity contribution in [3.8, 4) is 0 Å². The maximum Gasteiger partial charge on any atom is 0.416 e. The minimum Gasteiger partial charge on any atom is -0.393 e. The Morgan fingerprint density at radius 3 is 2.13 bits per heavy atom. The molecular formula is C27H46O9S2. The maximum atomic E-state index is 12.5. The van der Waals surface area contributed by atoms with E-state index in [2.05, 4.69) is 24.4 Å². The van der Waals surface area contributed by atoms with Crippen molar-refractivity contribution in [2.24, 2.45) is 52.3 Å². The second-order valence-electron chi connectivity index (χ2n) is 13.8. The Kier molecular flexibility index (Phi) is 7.84. The summed E-state index contributed by atoms with van der Waals surface area (Å²) in [6.45, 7) is 8.67. The number of hydrogen-bond donors (Lipinski definition) is 2. The molecule has 7 rings (SSSR count). The number of aliphatic hydroxyl groups excluding tert-OH is 2. The van der Waals surface area contributed by atoms with Crippen molar-refractivity contribution in [1.29, 1.82) is 0 Å². The molecule has 4 saturated carbocycles. The average Bonchev–Trinajstić information content (AvgIpc) is 3.17. The van der Waals surface area contributed by atoms with Crippen molar-refractivity contribution in [3.63, 3.8) is 0 Å². The maximum absolute atomic E-state index is 12.5. The summed E-state index contributed by atoms with van der Waals surface area (Å²) in [7, 11) is -9.84. The molecule has 11 heteroatoms. The van der Waals surface area contributed by atoms with E-state index in [-0.39, 0.29) is 47.5 Å². The summed E-state index contributed by atoms with van der Waals surface area (Å²) in [4.78, 5) is 0. The van der Waals surface area contributed by atoms with Gasteiger partial charge in [-0.2, -0.15) is 16.8 Å². The molecule has 0 aromatic rings. The lowest BCUT2D eigenvalue weighted by molar-refractivity contribution is -0.203. The van der Waals surface area contributed by atoms with Crippen LogP contribution in [0.2, 0.25) is 0 Å². The Balaban J connectivity index is 1.47. The van der Waals surface area contributed by atoms with Crippen LogP contribution in [0.5, 0.6) is 0 Å². The Bertz CT molecular complexity index is 1090.